The molecule has 0 bridgehead atoms. The maximum Gasteiger partial charge on any atom is 0.340 e. The number of amides is 1. The molecule has 1 aromatic rings. The highest BCUT2D eigenvalue weighted by atomic mass is 79.9. The molecule has 0 atom stereocenters. The number of anilines is 1. The zero-order valence-electron chi connectivity index (χ0n) is 10.0. The molecular formula is C12H15BrN2O3. The lowest BCUT2D eigenvalue weighted by atomic mass is 10.2. The van der Waals surface area contributed by atoms with Gasteiger partial charge in [-0.05, 0) is 24.6 Å². The summed E-state index contributed by atoms with van der Waals surface area (Å²) in [5, 5.41) is 2.61. The van der Waals surface area contributed by atoms with E-state index in [9.17, 15) is 9.59 Å². The van der Waals surface area contributed by atoms with Crippen LogP contribution in [0.3, 0.4) is 0 Å². The van der Waals surface area contributed by atoms with E-state index in [4.69, 9.17) is 10.5 Å². The van der Waals surface area contributed by atoms with Crippen LogP contribution in [-0.4, -0.2) is 25.0 Å². The smallest absolute Gasteiger partial charge is 0.340 e. The van der Waals surface area contributed by atoms with Gasteiger partial charge in [0.1, 0.15) is 0 Å². The molecule has 5 nitrogen and oxygen atoms in total. The van der Waals surface area contributed by atoms with Crippen molar-refractivity contribution in [2.75, 3.05) is 18.9 Å². The lowest BCUT2D eigenvalue weighted by molar-refractivity contribution is -0.124. The molecule has 98 valence electrons. The van der Waals surface area contributed by atoms with Crippen molar-refractivity contribution in [1.29, 1.82) is 0 Å². The SMILES string of the molecule is CCCNC(=O)COC(=O)c1cc(Br)ccc1N. The van der Waals surface area contributed by atoms with Gasteiger partial charge in [0.25, 0.3) is 5.91 Å². The quantitative estimate of drug-likeness (QED) is 0.640. The highest BCUT2D eigenvalue weighted by Gasteiger charge is 2.13. The minimum atomic E-state index is -0.611. The van der Waals surface area contributed by atoms with Crippen molar-refractivity contribution in [1.82, 2.24) is 5.32 Å². The summed E-state index contributed by atoms with van der Waals surface area (Å²) in [6.07, 6.45) is 0.832. The topological polar surface area (TPSA) is 81.4 Å². The van der Waals surface area contributed by atoms with Gasteiger partial charge in [0.15, 0.2) is 6.61 Å². The highest BCUT2D eigenvalue weighted by molar-refractivity contribution is 9.10. The average Bonchev–Trinajstić information content (AvgIpc) is 2.36. The molecule has 3 N–H and O–H groups in total. The molecule has 0 saturated carbocycles. The third-order valence-electron chi connectivity index (χ3n) is 2.14. The fraction of sp³-hybridized carbons (Fsp3) is 0.333. The predicted molar refractivity (Wildman–Crippen MR) is 72.1 cm³/mol. The summed E-state index contributed by atoms with van der Waals surface area (Å²) in [4.78, 5) is 23.0. The minimum Gasteiger partial charge on any atom is -0.452 e. The summed E-state index contributed by atoms with van der Waals surface area (Å²) in [5.74, 6) is -0.931. The van der Waals surface area contributed by atoms with Gasteiger partial charge in [-0.25, -0.2) is 4.79 Å². The van der Waals surface area contributed by atoms with Crippen LogP contribution in [0.5, 0.6) is 0 Å². The van der Waals surface area contributed by atoms with Crippen LogP contribution in [0.2, 0.25) is 0 Å². The van der Waals surface area contributed by atoms with E-state index in [2.05, 4.69) is 21.2 Å². The van der Waals surface area contributed by atoms with E-state index in [1.807, 2.05) is 6.92 Å². The predicted octanol–water partition coefficient (Wildman–Crippen LogP) is 1.71. The molecule has 1 rings (SSSR count). The van der Waals surface area contributed by atoms with Crippen molar-refractivity contribution < 1.29 is 14.3 Å². The molecule has 18 heavy (non-hydrogen) atoms. The molecule has 6 heteroatoms. The number of halogens is 1. The van der Waals surface area contributed by atoms with E-state index >= 15 is 0 Å². The van der Waals surface area contributed by atoms with E-state index < -0.39 is 5.97 Å². The molecule has 0 aromatic heterocycles. The Kier molecular flexibility index (Phi) is 5.64. The van der Waals surface area contributed by atoms with Gasteiger partial charge in [-0.1, -0.05) is 22.9 Å². The number of benzene rings is 1. The highest BCUT2D eigenvalue weighted by Crippen LogP contribution is 2.19. The molecule has 0 radical (unpaired) electrons. The number of carbonyl (C=O) groups excluding carboxylic acids is 2. The fourth-order valence-electron chi connectivity index (χ4n) is 1.23. The Bertz CT molecular complexity index is 449. The Balaban J connectivity index is 2.55. The maximum atomic E-state index is 11.7. The number of ether oxygens (including phenoxy) is 1. The van der Waals surface area contributed by atoms with Gasteiger partial charge in [-0.2, -0.15) is 0 Å². The summed E-state index contributed by atoms with van der Waals surface area (Å²) >= 11 is 3.24. The number of rotatable bonds is 5. The Morgan fingerprint density at radius 2 is 2.17 bits per heavy atom. The number of esters is 1. The number of hydrogen-bond donors (Lipinski definition) is 2. The second-order valence-corrected chi connectivity index (χ2v) is 4.57. The minimum absolute atomic E-state index is 0.243. The van der Waals surface area contributed by atoms with Gasteiger partial charge < -0.3 is 15.8 Å². The van der Waals surface area contributed by atoms with Crippen molar-refractivity contribution in [2.45, 2.75) is 13.3 Å². The molecule has 0 heterocycles. The summed E-state index contributed by atoms with van der Waals surface area (Å²) in [7, 11) is 0. The monoisotopic (exact) mass is 314 g/mol. The van der Waals surface area contributed by atoms with Gasteiger partial charge >= 0.3 is 5.97 Å². The zero-order valence-corrected chi connectivity index (χ0v) is 11.6. The van der Waals surface area contributed by atoms with Crippen molar-refractivity contribution in [2.24, 2.45) is 0 Å². The molecule has 0 spiro atoms. The Morgan fingerprint density at radius 3 is 2.83 bits per heavy atom. The second kappa shape index (κ2) is 7.00. The summed E-state index contributed by atoms with van der Waals surface area (Å²) in [6, 6.07) is 4.87. The van der Waals surface area contributed by atoms with E-state index in [1.165, 1.54) is 0 Å². The van der Waals surface area contributed by atoms with E-state index in [0.717, 1.165) is 10.9 Å². The van der Waals surface area contributed by atoms with Crippen LogP contribution < -0.4 is 11.1 Å². The van der Waals surface area contributed by atoms with Gasteiger partial charge in [-0.15, -0.1) is 0 Å². The Labute approximate surface area is 114 Å². The third-order valence-corrected chi connectivity index (χ3v) is 2.64. The molecule has 0 aliphatic heterocycles. The summed E-state index contributed by atoms with van der Waals surface area (Å²) in [5.41, 5.74) is 6.21. The van der Waals surface area contributed by atoms with E-state index in [0.29, 0.717) is 12.2 Å². The molecule has 0 aliphatic rings. The zero-order chi connectivity index (χ0) is 13.5. The Morgan fingerprint density at radius 1 is 1.44 bits per heavy atom. The molecule has 0 aliphatic carbocycles. The number of hydrogen-bond acceptors (Lipinski definition) is 4. The molecule has 0 unspecified atom stereocenters. The fourth-order valence-corrected chi connectivity index (χ4v) is 1.59. The first-order valence-electron chi connectivity index (χ1n) is 5.53. The first-order valence-corrected chi connectivity index (χ1v) is 6.32. The number of nitrogens with two attached hydrogens (primary N) is 1. The van der Waals surface area contributed by atoms with E-state index in [-0.39, 0.29) is 18.1 Å². The number of carbonyl (C=O) groups is 2. The van der Waals surface area contributed by atoms with Crippen LogP contribution in [0.25, 0.3) is 0 Å². The van der Waals surface area contributed by atoms with Crippen LogP contribution in [0.1, 0.15) is 23.7 Å². The van der Waals surface area contributed by atoms with Crippen LogP contribution in [0.15, 0.2) is 22.7 Å². The Hall–Kier alpha value is -1.56. The van der Waals surface area contributed by atoms with Crippen molar-refractivity contribution in [3.8, 4) is 0 Å². The molecule has 1 amide bonds. The lowest BCUT2D eigenvalue weighted by Crippen LogP contribution is -2.29. The second-order valence-electron chi connectivity index (χ2n) is 3.66. The van der Waals surface area contributed by atoms with Gasteiger partial charge in [0, 0.05) is 16.7 Å². The van der Waals surface area contributed by atoms with Crippen LogP contribution >= 0.6 is 15.9 Å². The average molecular weight is 315 g/mol. The number of nitrogen functional groups attached to an aromatic ring is 1. The van der Waals surface area contributed by atoms with Gasteiger partial charge in [0.2, 0.25) is 0 Å². The first-order chi connectivity index (χ1) is 8.54. The maximum absolute atomic E-state index is 11.7. The van der Waals surface area contributed by atoms with Gasteiger partial charge in [0.05, 0.1) is 5.56 Å². The van der Waals surface area contributed by atoms with Crippen molar-refractivity contribution in [3.05, 3.63) is 28.2 Å². The first kappa shape index (κ1) is 14.5. The molecule has 0 fully saturated rings. The van der Waals surface area contributed by atoms with Crippen LogP contribution in [-0.2, 0) is 9.53 Å². The van der Waals surface area contributed by atoms with E-state index in [1.54, 1.807) is 18.2 Å². The summed E-state index contributed by atoms with van der Waals surface area (Å²) in [6.45, 7) is 2.20. The summed E-state index contributed by atoms with van der Waals surface area (Å²) < 4.78 is 5.59. The van der Waals surface area contributed by atoms with Gasteiger partial charge in [-0.3, -0.25) is 4.79 Å². The van der Waals surface area contributed by atoms with Crippen molar-refractivity contribution >= 4 is 33.5 Å². The van der Waals surface area contributed by atoms with Crippen molar-refractivity contribution in [3.63, 3.8) is 0 Å². The third kappa shape index (κ3) is 4.37. The normalized spacial score (nSPS) is 9.89. The van der Waals surface area contributed by atoms with Crippen LogP contribution in [0.4, 0.5) is 5.69 Å². The molecular weight excluding hydrogens is 300 g/mol. The standard InChI is InChI=1S/C12H15BrN2O3/c1-2-5-15-11(16)7-18-12(17)9-6-8(13)3-4-10(9)14/h3-4,6H,2,5,7,14H2,1H3,(H,15,16). The molecule has 0 saturated heterocycles. The largest absolute Gasteiger partial charge is 0.452 e. The lowest BCUT2D eigenvalue weighted by Gasteiger charge is -2.07. The molecule has 1 aromatic carbocycles. The number of nitrogens with one attached hydrogen (secondary N) is 1. The van der Waals surface area contributed by atoms with Crippen LogP contribution in [0, 0.1) is 0 Å².